The van der Waals surface area contributed by atoms with Gasteiger partial charge < -0.3 is 9.84 Å². The highest BCUT2D eigenvalue weighted by atomic mass is 19.4. The fourth-order valence-corrected chi connectivity index (χ4v) is 3.52. The first-order valence-electron chi connectivity index (χ1n) is 8.54. The minimum absolute atomic E-state index is 0.136. The molecule has 1 heterocycles. The van der Waals surface area contributed by atoms with Crippen LogP contribution in [0, 0.1) is 11.8 Å². The van der Waals surface area contributed by atoms with E-state index in [1.807, 2.05) is 48.5 Å². The van der Waals surface area contributed by atoms with Crippen LogP contribution in [0.25, 0.3) is 11.1 Å². The molecule has 1 fully saturated rings. The van der Waals surface area contributed by atoms with Crippen molar-refractivity contribution >= 4 is 5.97 Å². The van der Waals surface area contributed by atoms with E-state index in [0.717, 1.165) is 16.7 Å². The minimum Gasteiger partial charge on any atom is -0.496 e. The van der Waals surface area contributed by atoms with Crippen molar-refractivity contribution in [2.24, 2.45) is 11.8 Å². The molecule has 0 radical (unpaired) electrons. The molecule has 4 nitrogen and oxygen atoms in total. The first-order valence-corrected chi connectivity index (χ1v) is 8.54. The summed E-state index contributed by atoms with van der Waals surface area (Å²) < 4.78 is 44.9. The number of halogens is 3. The maximum absolute atomic E-state index is 13.2. The Balaban J connectivity index is 1.80. The second-order valence-electron chi connectivity index (χ2n) is 6.68. The normalized spacial score (nSPS) is 20.6. The number of alkyl halides is 3. The van der Waals surface area contributed by atoms with Gasteiger partial charge in [-0.25, -0.2) is 0 Å². The quantitative estimate of drug-likeness (QED) is 0.851. The summed E-state index contributed by atoms with van der Waals surface area (Å²) in [7, 11) is 1.51. The smallest absolute Gasteiger partial charge is 0.393 e. The van der Waals surface area contributed by atoms with Crippen LogP contribution in [0.3, 0.4) is 0 Å². The van der Waals surface area contributed by atoms with Gasteiger partial charge in [-0.3, -0.25) is 9.69 Å². The average Bonchev–Trinajstić information content (AvgIpc) is 3.07. The molecule has 2 aromatic rings. The molecule has 2 aromatic carbocycles. The van der Waals surface area contributed by atoms with Crippen molar-refractivity contribution in [3.05, 3.63) is 54.1 Å². The van der Waals surface area contributed by atoms with Crippen molar-refractivity contribution in [2.45, 2.75) is 12.7 Å². The van der Waals surface area contributed by atoms with Crippen LogP contribution in [0.4, 0.5) is 13.2 Å². The fourth-order valence-electron chi connectivity index (χ4n) is 3.52. The third-order valence-electron chi connectivity index (χ3n) is 4.92. The standard InChI is InChI=1S/C20H20F3NO3/c1-27-18-9-14(13-5-3-2-4-6-13)7-8-15(18)10-24-11-16(19(25)26)17(12-24)20(21,22)23/h2-9,16-17H,10-12H2,1H3,(H,25,26)/t16-,17-/m1/s1. The van der Waals surface area contributed by atoms with Gasteiger partial charge in [-0.05, 0) is 17.2 Å². The third-order valence-corrected chi connectivity index (χ3v) is 4.92. The largest absolute Gasteiger partial charge is 0.496 e. The maximum atomic E-state index is 13.2. The number of rotatable bonds is 5. The number of ether oxygens (including phenoxy) is 1. The molecular formula is C20H20F3NO3. The van der Waals surface area contributed by atoms with E-state index in [4.69, 9.17) is 9.84 Å². The number of nitrogens with zero attached hydrogens (tertiary/aromatic N) is 1. The van der Waals surface area contributed by atoms with Gasteiger partial charge in [0.1, 0.15) is 5.75 Å². The lowest BCUT2D eigenvalue weighted by Gasteiger charge is -2.19. The van der Waals surface area contributed by atoms with Gasteiger partial charge in [0, 0.05) is 25.2 Å². The van der Waals surface area contributed by atoms with E-state index in [1.165, 1.54) is 12.0 Å². The summed E-state index contributed by atoms with van der Waals surface area (Å²) in [6, 6.07) is 15.2. The summed E-state index contributed by atoms with van der Waals surface area (Å²) in [6.45, 7) is -0.262. The predicted molar refractivity (Wildman–Crippen MR) is 94.4 cm³/mol. The number of carbonyl (C=O) groups is 1. The Hall–Kier alpha value is -2.54. The summed E-state index contributed by atoms with van der Waals surface area (Å²) in [4.78, 5) is 12.8. The lowest BCUT2D eigenvalue weighted by atomic mass is 9.96. The number of hydrogen-bond acceptors (Lipinski definition) is 3. The number of hydrogen-bond donors (Lipinski definition) is 1. The van der Waals surface area contributed by atoms with Crippen LogP contribution >= 0.6 is 0 Å². The van der Waals surface area contributed by atoms with Crippen LogP contribution in [0.1, 0.15) is 5.56 Å². The molecule has 0 amide bonds. The molecule has 0 aromatic heterocycles. The van der Waals surface area contributed by atoms with Crippen LogP contribution in [-0.2, 0) is 11.3 Å². The van der Waals surface area contributed by atoms with Gasteiger partial charge in [-0.1, -0.05) is 42.5 Å². The van der Waals surface area contributed by atoms with Crippen LogP contribution in [-0.4, -0.2) is 42.4 Å². The molecular weight excluding hydrogens is 359 g/mol. The van der Waals surface area contributed by atoms with E-state index in [1.54, 1.807) is 0 Å². The van der Waals surface area contributed by atoms with Crippen molar-refractivity contribution in [1.29, 1.82) is 0 Å². The highest BCUT2D eigenvalue weighted by Crippen LogP contribution is 2.39. The maximum Gasteiger partial charge on any atom is 0.393 e. The molecule has 0 spiro atoms. The summed E-state index contributed by atoms with van der Waals surface area (Å²) >= 11 is 0. The van der Waals surface area contributed by atoms with Gasteiger partial charge in [0.2, 0.25) is 0 Å². The molecule has 1 saturated heterocycles. The molecule has 7 heteroatoms. The summed E-state index contributed by atoms with van der Waals surface area (Å²) in [6.07, 6.45) is -4.53. The Morgan fingerprint density at radius 2 is 1.85 bits per heavy atom. The van der Waals surface area contributed by atoms with Crippen LogP contribution in [0.5, 0.6) is 5.75 Å². The van der Waals surface area contributed by atoms with Gasteiger partial charge in [0.25, 0.3) is 0 Å². The Labute approximate surface area is 155 Å². The van der Waals surface area contributed by atoms with Crippen LogP contribution < -0.4 is 4.74 Å². The SMILES string of the molecule is COc1cc(-c2ccccc2)ccc1CN1C[C@@H](C(F)(F)F)[C@H](C(=O)O)C1. The molecule has 27 heavy (non-hydrogen) atoms. The summed E-state index contributed by atoms with van der Waals surface area (Å²) in [5.74, 6) is -4.14. The van der Waals surface area contributed by atoms with Gasteiger partial charge in [-0.15, -0.1) is 0 Å². The van der Waals surface area contributed by atoms with Crippen LogP contribution in [0.2, 0.25) is 0 Å². The number of benzene rings is 2. The molecule has 1 N–H and O–H groups in total. The van der Waals surface area contributed by atoms with Gasteiger partial charge >= 0.3 is 12.1 Å². The molecule has 144 valence electrons. The predicted octanol–water partition coefficient (Wildman–Crippen LogP) is 4.06. The number of carboxylic acids is 1. The highest BCUT2D eigenvalue weighted by molar-refractivity contribution is 5.71. The van der Waals surface area contributed by atoms with Crippen molar-refractivity contribution < 1.29 is 27.8 Å². The van der Waals surface area contributed by atoms with Crippen LogP contribution in [0.15, 0.2) is 48.5 Å². The minimum atomic E-state index is -4.53. The van der Waals surface area contributed by atoms with Crippen molar-refractivity contribution in [3.8, 4) is 16.9 Å². The van der Waals surface area contributed by atoms with E-state index in [0.29, 0.717) is 5.75 Å². The number of aliphatic carboxylic acids is 1. The van der Waals surface area contributed by atoms with E-state index >= 15 is 0 Å². The van der Waals surface area contributed by atoms with Gasteiger partial charge in [0.05, 0.1) is 18.9 Å². The lowest BCUT2D eigenvalue weighted by Crippen LogP contribution is -2.33. The molecule has 1 aliphatic rings. The Kier molecular flexibility index (Phi) is 5.41. The zero-order chi connectivity index (χ0) is 19.6. The summed E-state index contributed by atoms with van der Waals surface area (Å²) in [5.41, 5.74) is 2.67. The fraction of sp³-hybridized carbons (Fsp3) is 0.350. The van der Waals surface area contributed by atoms with Gasteiger partial charge in [0.15, 0.2) is 0 Å². The average molecular weight is 379 g/mol. The van der Waals surface area contributed by atoms with E-state index in [-0.39, 0.29) is 19.6 Å². The molecule has 2 atom stereocenters. The van der Waals surface area contributed by atoms with E-state index in [2.05, 4.69) is 0 Å². The van der Waals surface area contributed by atoms with Gasteiger partial charge in [-0.2, -0.15) is 13.2 Å². The Morgan fingerprint density at radius 1 is 1.15 bits per heavy atom. The number of likely N-dealkylation sites (tertiary alicyclic amines) is 1. The molecule has 0 unspecified atom stereocenters. The Morgan fingerprint density at radius 3 is 2.41 bits per heavy atom. The monoisotopic (exact) mass is 379 g/mol. The third kappa shape index (κ3) is 4.24. The highest BCUT2D eigenvalue weighted by Gasteiger charge is 2.52. The van der Waals surface area contributed by atoms with Crippen molar-refractivity contribution in [1.82, 2.24) is 4.90 Å². The van der Waals surface area contributed by atoms with Crippen molar-refractivity contribution in [3.63, 3.8) is 0 Å². The molecule has 0 bridgehead atoms. The molecule has 3 rings (SSSR count). The second kappa shape index (κ2) is 7.60. The Bertz CT molecular complexity index is 808. The van der Waals surface area contributed by atoms with E-state index in [9.17, 15) is 18.0 Å². The zero-order valence-corrected chi connectivity index (χ0v) is 14.7. The first kappa shape index (κ1) is 19.2. The molecule has 0 saturated carbocycles. The lowest BCUT2D eigenvalue weighted by molar-refractivity contribution is -0.188. The number of methoxy groups -OCH3 is 1. The van der Waals surface area contributed by atoms with E-state index < -0.39 is 24.0 Å². The first-order chi connectivity index (χ1) is 12.8. The molecule has 1 aliphatic heterocycles. The second-order valence-corrected chi connectivity index (χ2v) is 6.68. The zero-order valence-electron chi connectivity index (χ0n) is 14.7. The van der Waals surface area contributed by atoms with Crippen molar-refractivity contribution in [2.75, 3.05) is 20.2 Å². The number of carboxylic acid groups (broad SMARTS) is 1. The summed E-state index contributed by atoms with van der Waals surface area (Å²) in [5, 5.41) is 9.14. The molecule has 0 aliphatic carbocycles. The topological polar surface area (TPSA) is 49.8 Å².